The Hall–Kier alpha value is -3.27. The Morgan fingerprint density at radius 1 is 0.973 bits per heavy atom. The van der Waals surface area contributed by atoms with Crippen molar-refractivity contribution in [3.63, 3.8) is 0 Å². The summed E-state index contributed by atoms with van der Waals surface area (Å²) in [4.78, 5) is 27.5. The molecule has 0 spiro atoms. The van der Waals surface area contributed by atoms with E-state index in [1.54, 1.807) is 56.5 Å². The highest BCUT2D eigenvalue weighted by molar-refractivity contribution is 7.92. The van der Waals surface area contributed by atoms with Gasteiger partial charge in [0.2, 0.25) is 11.8 Å². The van der Waals surface area contributed by atoms with Gasteiger partial charge in [0, 0.05) is 23.6 Å². The smallest absolute Gasteiger partial charge is 0.264 e. The zero-order chi connectivity index (χ0) is 27.2. The fourth-order valence-electron chi connectivity index (χ4n) is 3.61. The number of anilines is 1. The summed E-state index contributed by atoms with van der Waals surface area (Å²) in [6.07, 6.45) is 0. The molecule has 0 aliphatic rings. The molecule has 0 bridgehead atoms. The largest absolute Gasteiger partial charge is 0.497 e. The van der Waals surface area contributed by atoms with Crippen LogP contribution in [0.25, 0.3) is 0 Å². The first-order chi connectivity index (χ1) is 17.6. The van der Waals surface area contributed by atoms with Gasteiger partial charge in [-0.05, 0) is 67.1 Å². The maximum absolute atomic E-state index is 13.7. The third-order valence-electron chi connectivity index (χ3n) is 5.70. The summed E-state index contributed by atoms with van der Waals surface area (Å²) in [5, 5.41) is 3.21. The van der Waals surface area contributed by atoms with Crippen molar-refractivity contribution in [2.45, 2.75) is 24.4 Å². The fraction of sp³-hybridized carbons (Fsp3) is 0.231. The van der Waals surface area contributed by atoms with E-state index in [2.05, 4.69) is 5.32 Å². The summed E-state index contributed by atoms with van der Waals surface area (Å²) in [5.41, 5.74) is 0.938. The zero-order valence-electron chi connectivity index (χ0n) is 20.5. The standard InChI is InChI=1S/C26H27Cl2N3O5S/c1-18(26(33)29-2)30(16-19-7-11-23(36-3)12-8-19)25(32)17-31(22-6-4-5-21(28)15-22)37(34,35)24-13-9-20(27)10-14-24/h4-15,18H,16-17H2,1-3H3,(H,29,33)/t18-/m1/s1. The van der Waals surface area contributed by atoms with Gasteiger partial charge in [-0.25, -0.2) is 8.42 Å². The van der Waals surface area contributed by atoms with Crippen molar-refractivity contribution >= 4 is 50.7 Å². The molecule has 0 heterocycles. The van der Waals surface area contributed by atoms with Crippen LogP contribution in [0.2, 0.25) is 10.0 Å². The molecule has 8 nitrogen and oxygen atoms in total. The molecule has 0 saturated carbocycles. The van der Waals surface area contributed by atoms with Crippen molar-refractivity contribution < 1.29 is 22.7 Å². The Bertz CT molecular complexity index is 1350. The van der Waals surface area contributed by atoms with Crippen molar-refractivity contribution in [1.29, 1.82) is 0 Å². The lowest BCUT2D eigenvalue weighted by Crippen LogP contribution is -2.50. The zero-order valence-corrected chi connectivity index (χ0v) is 22.8. The average Bonchev–Trinajstić information content (AvgIpc) is 2.89. The van der Waals surface area contributed by atoms with Gasteiger partial charge in [0.25, 0.3) is 10.0 Å². The van der Waals surface area contributed by atoms with Crippen LogP contribution in [0.4, 0.5) is 5.69 Å². The normalized spacial score (nSPS) is 11.9. The van der Waals surface area contributed by atoms with Gasteiger partial charge in [0.05, 0.1) is 17.7 Å². The maximum Gasteiger partial charge on any atom is 0.264 e. The number of nitrogens with one attached hydrogen (secondary N) is 1. The van der Waals surface area contributed by atoms with E-state index in [4.69, 9.17) is 27.9 Å². The number of likely N-dealkylation sites (N-methyl/N-ethyl adjacent to an activating group) is 1. The number of carbonyl (C=O) groups excluding carboxylic acids is 2. The second kappa shape index (κ2) is 12.3. The van der Waals surface area contributed by atoms with Gasteiger partial charge >= 0.3 is 0 Å². The Kier molecular flexibility index (Phi) is 9.42. The van der Waals surface area contributed by atoms with Gasteiger partial charge in [-0.15, -0.1) is 0 Å². The molecule has 3 rings (SSSR count). The minimum absolute atomic E-state index is 0.0503. The monoisotopic (exact) mass is 563 g/mol. The van der Waals surface area contributed by atoms with Crippen LogP contribution < -0.4 is 14.4 Å². The third-order valence-corrected chi connectivity index (χ3v) is 7.98. The van der Waals surface area contributed by atoms with Crippen LogP contribution in [0.3, 0.4) is 0 Å². The summed E-state index contributed by atoms with van der Waals surface area (Å²) in [6.45, 7) is 1.09. The molecule has 0 aliphatic heterocycles. The number of rotatable bonds is 10. The molecule has 1 N–H and O–H groups in total. The number of benzene rings is 3. The molecule has 11 heteroatoms. The fourth-order valence-corrected chi connectivity index (χ4v) is 5.33. The van der Waals surface area contributed by atoms with E-state index in [0.29, 0.717) is 15.8 Å². The Morgan fingerprint density at radius 2 is 1.62 bits per heavy atom. The van der Waals surface area contributed by atoms with Gasteiger partial charge < -0.3 is 15.0 Å². The van der Waals surface area contributed by atoms with Gasteiger partial charge in [0.15, 0.2) is 0 Å². The minimum atomic E-state index is -4.20. The number of hydrogen-bond donors (Lipinski definition) is 1. The van der Waals surface area contributed by atoms with Crippen molar-refractivity contribution in [2.24, 2.45) is 0 Å². The molecule has 0 saturated heterocycles. The molecule has 0 radical (unpaired) electrons. The highest BCUT2D eigenvalue weighted by atomic mass is 35.5. The number of sulfonamides is 1. The SMILES string of the molecule is CNC(=O)[C@@H](C)N(Cc1ccc(OC)cc1)C(=O)CN(c1cccc(Cl)c1)S(=O)(=O)c1ccc(Cl)cc1. The molecule has 0 fully saturated rings. The van der Waals surface area contributed by atoms with Crippen LogP contribution in [0.15, 0.2) is 77.7 Å². The summed E-state index contributed by atoms with van der Waals surface area (Å²) in [6, 6.07) is 18.0. The van der Waals surface area contributed by atoms with Gasteiger partial charge in [-0.1, -0.05) is 41.4 Å². The second-order valence-electron chi connectivity index (χ2n) is 8.11. The highest BCUT2D eigenvalue weighted by Crippen LogP contribution is 2.27. The summed E-state index contributed by atoms with van der Waals surface area (Å²) < 4.78 is 33.5. The molecule has 37 heavy (non-hydrogen) atoms. The van der Waals surface area contributed by atoms with Crippen molar-refractivity contribution in [3.8, 4) is 5.75 Å². The molecular weight excluding hydrogens is 537 g/mol. The number of ether oxygens (including phenoxy) is 1. The van der Waals surface area contributed by atoms with E-state index in [0.717, 1.165) is 9.87 Å². The number of hydrogen-bond acceptors (Lipinski definition) is 5. The molecule has 0 unspecified atom stereocenters. The van der Waals surface area contributed by atoms with Gasteiger partial charge in [-0.3, -0.25) is 13.9 Å². The molecule has 196 valence electrons. The van der Waals surface area contributed by atoms with Crippen LogP contribution in [0, 0.1) is 0 Å². The van der Waals surface area contributed by atoms with E-state index >= 15 is 0 Å². The lowest BCUT2D eigenvalue weighted by Gasteiger charge is -2.31. The van der Waals surface area contributed by atoms with E-state index in [9.17, 15) is 18.0 Å². The first-order valence-corrected chi connectivity index (χ1v) is 13.4. The first-order valence-electron chi connectivity index (χ1n) is 11.2. The van der Waals surface area contributed by atoms with Crippen LogP contribution in [0.1, 0.15) is 12.5 Å². The second-order valence-corrected chi connectivity index (χ2v) is 10.8. The number of nitrogens with zero attached hydrogens (tertiary/aromatic N) is 2. The highest BCUT2D eigenvalue weighted by Gasteiger charge is 2.32. The molecule has 0 aliphatic carbocycles. The van der Waals surface area contributed by atoms with Crippen LogP contribution in [-0.2, 0) is 26.2 Å². The first kappa shape index (κ1) is 28.3. The predicted octanol–water partition coefficient (Wildman–Crippen LogP) is 4.36. The van der Waals surface area contributed by atoms with Crippen molar-refractivity contribution in [1.82, 2.24) is 10.2 Å². The number of amides is 2. The molecule has 0 aromatic heterocycles. The molecule has 3 aromatic rings. The number of methoxy groups -OCH3 is 1. The van der Waals surface area contributed by atoms with E-state index in [-0.39, 0.29) is 17.1 Å². The van der Waals surface area contributed by atoms with Gasteiger partial charge in [0.1, 0.15) is 18.3 Å². The Balaban J connectivity index is 2.01. The van der Waals surface area contributed by atoms with Crippen LogP contribution >= 0.6 is 23.2 Å². The Morgan fingerprint density at radius 3 is 2.19 bits per heavy atom. The predicted molar refractivity (Wildman–Crippen MR) is 145 cm³/mol. The lowest BCUT2D eigenvalue weighted by atomic mass is 10.1. The van der Waals surface area contributed by atoms with Gasteiger partial charge in [-0.2, -0.15) is 0 Å². The third kappa shape index (κ3) is 6.94. The lowest BCUT2D eigenvalue weighted by molar-refractivity contribution is -0.139. The summed E-state index contributed by atoms with van der Waals surface area (Å²) >= 11 is 12.1. The van der Waals surface area contributed by atoms with Crippen molar-refractivity contribution in [3.05, 3.63) is 88.4 Å². The average molecular weight is 564 g/mol. The molecule has 1 atom stereocenters. The molecular formula is C26H27Cl2N3O5S. The van der Waals surface area contributed by atoms with Crippen LogP contribution in [-0.4, -0.2) is 51.9 Å². The minimum Gasteiger partial charge on any atom is -0.497 e. The van der Waals surface area contributed by atoms with Crippen molar-refractivity contribution in [2.75, 3.05) is 25.0 Å². The quantitative estimate of drug-likeness (QED) is 0.395. The molecule has 2 amide bonds. The van der Waals surface area contributed by atoms with Crippen LogP contribution in [0.5, 0.6) is 5.75 Å². The summed E-state index contributed by atoms with van der Waals surface area (Å²) in [7, 11) is -1.18. The number of carbonyl (C=O) groups is 2. The maximum atomic E-state index is 13.7. The topological polar surface area (TPSA) is 96.0 Å². The number of halogens is 2. The molecule has 3 aromatic carbocycles. The van der Waals surface area contributed by atoms with E-state index in [1.807, 2.05) is 0 Å². The van der Waals surface area contributed by atoms with E-state index in [1.165, 1.54) is 42.3 Å². The Labute approximate surface area is 226 Å². The summed E-state index contributed by atoms with van der Waals surface area (Å²) in [5.74, 6) is -0.330. The van der Waals surface area contributed by atoms with E-state index < -0.39 is 34.4 Å².